The van der Waals surface area contributed by atoms with Crippen LogP contribution in [0.1, 0.15) is 56.9 Å². The van der Waals surface area contributed by atoms with Crippen LogP contribution in [0.3, 0.4) is 0 Å². The third-order valence-corrected chi connectivity index (χ3v) is 7.76. The summed E-state index contributed by atoms with van der Waals surface area (Å²) in [4.78, 5) is 9.05. The molecule has 2 aromatic rings. The standard InChI is InChI=1S/C31H42N4O2/c1-21-15-16-26(21)29-28(31(3,37)33-25-13-8-7-9-14-25)22(2)27(20-32-29)23-11-10-12-24(19-23)30(36)35(6)18-17-34(4)5/h7-14,19-20,22,27,30,33,36-37H,15-18H2,1-6H3. The molecule has 1 heterocycles. The highest BCUT2D eigenvalue weighted by atomic mass is 16.3. The van der Waals surface area contributed by atoms with E-state index in [0.717, 1.165) is 54.0 Å². The predicted octanol–water partition coefficient (Wildman–Crippen LogP) is 5.16. The van der Waals surface area contributed by atoms with E-state index in [2.05, 4.69) is 36.2 Å². The molecule has 0 amide bonds. The van der Waals surface area contributed by atoms with Crippen LogP contribution in [0.15, 0.2) is 82.0 Å². The quantitative estimate of drug-likeness (QED) is 0.392. The smallest absolute Gasteiger partial charge is 0.157 e. The molecule has 6 heteroatoms. The molecule has 0 bridgehead atoms. The molecule has 4 unspecified atom stereocenters. The van der Waals surface area contributed by atoms with Crippen LogP contribution in [0, 0.1) is 5.92 Å². The van der Waals surface area contributed by atoms with Crippen LogP contribution >= 0.6 is 0 Å². The molecular formula is C31H42N4O2. The number of allylic oxidation sites excluding steroid dienone is 2. The second kappa shape index (κ2) is 11.3. The summed E-state index contributed by atoms with van der Waals surface area (Å²) in [5.74, 6) is -0.0264. The molecule has 0 spiro atoms. The van der Waals surface area contributed by atoms with Gasteiger partial charge in [0.05, 0.1) is 5.70 Å². The highest BCUT2D eigenvalue weighted by Crippen LogP contribution is 2.46. The van der Waals surface area contributed by atoms with E-state index in [9.17, 15) is 10.2 Å². The third kappa shape index (κ3) is 6.04. The van der Waals surface area contributed by atoms with Gasteiger partial charge in [0.2, 0.25) is 0 Å². The Balaban J connectivity index is 1.66. The van der Waals surface area contributed by atoms with E-state index in [0.29, 0.717) is 0 Å². The fourth-order valence-corrected chi connectivity index (χ4v) is 5.39. The van der Waals surface area contributed by atoms with Gasteiger partial charge in [0.15, 0.2) is 5.72 Å². The summed E-state index contributed by atoms with van der Waals surface area (Å²) in [5, 5.41) is 26.2. The van der Waals surface area contributed by atoms with Gasteiger partial charge in [-0.1, -0.05) is 55.0 Å². The van der Waals surface area contributed by atoms with Crippen LogP contribution in [-0.2, 0) is 0 Å². The van der Waals surface area contributed by atoms with Crippen molar-refractivity contribution in [1.29, 1.82) is 0 Å². The summed E-state index contributed by atoms with van der Waals surface area (Å²) in [7, 11) is 6.01. The van der Waals surface area contributed by atoms with Gasteiger partial charge in [-0.05, 0) is 82.6 Å². The number of aliphatic imine (C=N–C) groups is 1. The topological polar surface area (TPSA) is 71.3 Å². The van der Waals surface area contributed by atoms with Gasteiger partial charge in [-0.25, -0.2) is 0 Å². The number of rotatable bonds is 10. The van der Waals surface area contributed by atoms with E-state index in [1.807, 2.05) is 81.6 Å². The maximum absolute atomic E-state index is 11.9. The highest BCUT2D eigenvalue weighted by molar-refractivity contribution is 5.75. The maximum Gasteiger partial charge on any atom is 0.157 e. The molecule has 6 nitrogen and oxygen atoms in total. The Morgan fingerprint density at radius 2 is 1.78 bits per heavy atom. The number of nitrogens with zero attached hydrogens (tertiary/aromatic N) is 3. The molecule has 0 fully saturated rings. The Kier molecular flexibility index (Phi) is 8.34. The van der Waals surface area contributed by atoms with Crippen molar-refractivity contribution in [1.82, 2.24) is 9.80 Å². The molecule has 4 atom stereocenters. The first-order valence-corrected chi connectivity index (χ1v) is 13.2. The third-order valence-electron chi connectivity index (χ3n) is 7.76. The minimum absolute atomic E-state index is 0.00141. The van der Waals surface area contributed by atoms with Crippen molar-refractivity contribution in [2.75, 3.05) is 39.5 Å². The lowest BCUT2D eigenvalue weighted by Gasteiger charge is -2.40. The van der Waals surface area contributed by atoms with Gasteiger partial charge in [0.1, 0.15) is 6.23 Å². The van der Waals surface area contributed by atoms with Gasteiger partial charge in [-0.2, -0.15) is 0 Å². The number of para-hydroxylation sites is 1. The molecule has 2 aromatic carbocycles. The first-order chi connectivity index (χ1) is 17.6. The molecule has 0 saturated heterocycles. The zero-order valence-corrected chi connectivity index (χ0v) is 23.1. The monoisotopic (exact) mass is 502 g/mol. The van der Waals surface area contributed by atoms with Crippen LogP contribution in [0.25, 0.3) is 0 Å². The lowest BCUT2D eigenvalue weighted by molar-refractivity contribution is 0.0174. The lowest BCUT2D eigenvalue weighted by Crippen LogP contribution is -2.42. The summed E-state index contributed by atoms with van der Waals surface area (Å²) < 4.78 is 0. The number of nitrogens with one attached hydrogen (secondary N) is 1. The molecule has 0 saturated carbocycles. The molecular weight excluding hydrogens is 460 g/mol. The molecule has 37 heavy (non-hydrogen) atoms. The van der Waals surface area contributed by atoms with E-state index in [1.165, 1.54) is 11.1 Å². The Morgan fingerprint density at radius 3 is 2.41 bits per heavy atom. The molecule has 2 aliphatic rings. The molecule has 1 aliphatic carbocycles. The van der Waals surface area contributed by atoms with Crippen LogP contribution in [-0.4, -0.2) is 66.2 Å². The van der Waals surface area contributed by atoms with Crippen molar-refractivity contribution in [3.8, 4) is 0 Å². The Labute approximate surface area is 222 Å². The van der Waals surface area contributed by atoms with Gasteiger partial charge in [0, 0.05) is 36.5 Å². The predicted molar refractivity (Wildman–Crippen MR) is 153 cm³/mol. The van der Waals surface area contributed by atoms with E-state index >= 15 is 0 Å². The molecule has 198 valence electrons. The lowest BCUT2D eigenvalue weighted by atomic mass is 9.73. The zero-order chi connectivity index (χ0) is 26.7. The van der Waals surface area contributed by atoms with Crippen molar-refractivity contribution in [2.24, 2.45) is 10.9 Å². The minimum Gasteiger partial charge on any atom is -0.374 e. The average molecular weight is 503 g/mol. The van der Waals surface area contributed by atoms with Crippen LogP contribution in [0.2, 0.25) is 0 Å². The van der Waals surface area contributed by atoms with Gasteiger partial charge in [0.25, 0.3) is 0 Å². The van der Waals surface area contributed by atoms with Crippen LogP contribution in [0.4, 0.5) is 5.69 Å². The maximum atomic E-state index is 11.9. The van der Waals surface area contributed by atoms with E-state index in [4.69, 9.17) is 4.99 Å². The van der Waals surface area contributed by atoms with Gasteiger partial charge in [-0.15, -0.1) is 0 Å². The Hall–Kier alpha value is -2.77. The second-order valence-electron chi connectivity index (χ2n) is 11.0. The fraction of sp³-hybridized carbons (Fsp3) is 0.452. The van der Waals surface area contributed by atoms with E-state index in [1.54, 1.807) is 0 Å². The SMILES string of the molecule is CC1=C(C2=C(C(C)(O)Nc3ccccc3)C(C)C(c3cccc(C(O)N(C)CCN(C)C)c3)C=N2)CC1. The summed E-state index contributed by atoms with van der Waals surface area (Å²) >= 11 is 0. The molecule has 1 aliphatic heterocycles. The normalized spacial score (nSPS) is 22.3. The fourth-order valence-electron chi connectivity index (χ4n) is 5.39. The van der Waals surface area contributed by atoms with E-state index < -0.39 is 12.0 Å². The first kappa shape index (κ1) is 27.3. The van der Waals surface area contributed by atoms with Crippen molar-refractivity contribution in [2.45, 2.75) is 51.5 Å². The zero-order valence-electron chi connectivity index (χ0n) is 23.1. The highest BCUT2D eigenvalue weighted by Gasteiger charge is 2.40. The number of aliphatic hydroxyl groups excluding tert-OH is 1. The summed E-state index contributed by atoms with van der Waals surface area (Å²) in [6.07, 6.45) is 3.41. The number of aliphatic hydroxyl groups is 2. The van der Waals surface area contributed by atoms with Gasteiger partial charge < -0.3 is 20.4 Å². The van der Waals surface area contributed by atoms with Crippen LogP contribution in [0.5, 0.6) is 0 Å². The van der Waals surface area contributed by atoms with Gasteiger partial charge in [-0.3, -0.25) is 9.89 Å². The number of anilines is 1. The Morgan fingerprint density at radius 1 is 1.05 bits per heavy atom. The van der Waals surface area contributed by atoms with Gasteiger partial charge >= 0.3 is 0 Å². The molecule has 0 radical (unpaired) electrons. The molecule has 3 N–H and O–H groups in total. The van der Waals surface area contributed by atoms with Crippen LogP contribution < -0.4 is 5.32 Å². The molecule has 0 aromatic heterocycles. The largest absolute Gasteiger partial charge is 0.374 e. The summed E-state index contributed by atoms with van der Waals surface area (Å²) in [6, 6.07) is 18.0. The van der Waals surface area contributed by atoms with Crippen molar-refractivity contribution < 1.29 is 10.2 Å². The molecule has 4 rings (SSSR count). The summed E-state index contributed by atoms with van der Waals surface area (Å²) in [5.41, 5.74) is 5.95. The number of hydrogen-bond acceptors (Lipinski definition) is 6. The first-order valence-electron chi connectivity index (χ1n) is 13.2. The van der Waals surface area contributed by atoms with E-state index in [-0.39, 0.29) is 11.8 Å². The van der Waals surface area contributed by atoms with Crippen molar-refractivity contribution in [3.63, 3.8) is 0 Å². The average Bonchev–Trinajstić information content (AvgIpc) is 2.86. The number of benzene rings is 2. The number of likely N-dealkylation sites (N-methyl/N-ethyl adjacent to an activating group) is 2. The summed E-state index contributed by atoms with van der Waals surface area (Å²) in [6.45, 7) is 7.80. The second-order valence-corrected chi connectivity index (χ2v) is 11.0. The number of hydrogen-bond donors (Lipinski definition) is 3. The Bertz CT molecular complexity index is 1180. The van der Waals surface area contributed by atoms with Crippen molar-refractivity contribution in [3.05, 3.63) is 88.1 Å². The van der Waals surface area contributed by atoms with Crippen molar-refractivity contribution >= 4 is 11.9 Å². The minimum atomic E-state index is -1.28.